The van der Waals surface area contributed by atoms with Crippen molar-refractivity contribution < 1.29 is 31.0 Å². The van der Waals surface area contributed by atoms with Crippen LogP contribution in [0.2, 0.25) is 0 Å². The lowest BCUT2D eigenvalue weighted by Crippen LogP contribution is -2.03. The van der Waals surface area contributed by atoms with Crippen molar-refractivity contribution >= 4 is 42.6 Å². The molecule has 0 unspecified atom stereocenters. The molecule has 0 saturated heterocycles. The van der Waals surface area contributed by atoms with Gasteiger partial charge in [-0.3, -0.25) is 9.11 Å². The highest BCUT2D eigenvalue weighted by molar-refractivity contribution is 7.86. The number of nitriles is 2. The van der Waals surface area contributed by atoms with Gasteiger partial charge < -0.3 is 10.1 Å². The molecule has 0 aliphatic carbocycles. The van der Waals surface area contributed by atoms with Crippen LogP contribution in [-0.4, -0.2) is 41.0 Å². The molecule has 0 saturated carbocycles. The first-order valence-corrected chi connectivity index (χ1v) is 10.4. The number of benzene rings is 2. The Balaban J connectivity index is 2.33. The van der Waals surface area contributed by atoms with Crippen LogP contribution in [0.5, 0.6) is 5.75 Å². The molecule has 2 aromatic carbocycles. The molecule has 1 heterocycles. The maximum absolute atomic E-state index is 11.8. The second-order valence-corrected chi connectivity index (χ2v) is 8.36. The normalized spacial score (nSPS) is 12.1. The predicted molar refractivity (Wildman–Crippen MR) is 97.4 cm³/mol. The Morgan fingerprint density at radius 3 is 2.20 bits per heavy atom. The van der Waals surface area contributed by atoms with Crippen LogP contribution >= 0.6 is 0 Å². The number of aromatic amines is 1. The number of phenolic OH excluding ortho intramolecular Hbond substituents is 1. The van der Waals surface area contributed by atoms with E-state index in [-0.39, 0.29) is 17.3 Å². The second kappa shape index (κ2) is 7.17. The summed E-state index contributed by atoms with van der Waals surface area (Å²) in [4.78, 5) is 4.35. The molecule has 30 heavy (non-hydrogen) atoms. The molecule has 0 amide bonds. The number of aromatic hydroxyl groups is 1. The van der Waals surface area contributed by atoms with Gasteiger partial charge in [-0.05, 0) is 12.1 Å². The van der Waals surface area contributed by atoms with Crippen LogP contribution in [0.4, 0.5) is 11.6 Å². The van der Waals surface area contributed by atoms with E-state index in [0.29, 0.717) is 6.07 Å². The SMILES string of the molecule is N#Cc1nc(N=Nc2cc(S(=O)(=O)O)c3cccc(S(=O)(=O)O)c3c2O)[nH]c1C#N. The number of phenols is 1. The number of nitrogens with zero attached hydrogens (tertiary/aromatic N) is 5. The topological polar surface area (TPSA) is 230 Å². The lowest BCUT2D eigenvalue weighted by molar-refractivity contribution is 0.472. The van der Waals surface area contributed by atoms with Crippen LogP contribution < -0.4 is 0 Å². The van der Waals surface area contributed by atoms with Gasteiger partial charge in [-0.1, -0.05) is 12.1 Å². The van der Waals surface area contributed by atoms with Crippen LogP contribution in [0.25, 0.3) is 10.8 Å². The summed E-state index contributed by atoms with van der Waals surface area (Å²) in [6.45, 7) is 0. The molecule has 0 fully saturated rings. The van der Waals surface area contributed by atoms with Gasteiger partial charge in [0.05, 0.1) is 0 Å². The number of nitrogens with one attached hydrogen (secondary N) is 1. The summed E-state index contributed by atoms with van der Waals surface area (Å²) in [6, 6.07) is 7.09. The summed E-state index contributed by atoms with van der Waals surface area (Å²) in [5, 5.41) is 34.3. The fourth-order valence-corrected chi connectivity index (χ4v) is 3.98. The molecule has 0 spiro atoms. The summed E-state index contributed by atoms with van der Waals surface area (Å²) in [5.74, 6) is -1.22. The molecule has 0 atom stereocenters. The molecule has 15 heteroatoms. The Labute approximate surface area is 168 Å². The Hall–Kier alpha value is -3.89. The number of azo groups is 1. The van der Waals surface area contributed by atoms with E-state index in [1.54, 1.807) is 12.1 Å². The van der Waals surface area contributed by atoms with Gasteiger partial charge in [0.25, 0.3) is 20.2 Å². The Morgan fingerprint density at radius 1 is 1.00 bits per heavy atom. The van der Waals surface area contributed by atoms with E-state index in [0.717, 1.165) is 18.2 Å². The van der Waals surface area contributed by atoms with Gasteiger partial charge >= 0.3 is 0 Å². The van der Waals surface area contributed by atoms with Crippen LogP contribution in [0.1, 0.15) is 11.4 Å². The maximum atomic E-state index is 11.8. The minimum absolute atomic E-state index is 0.221. The Bertz CT molecular complexity index is 1490. The van der Waals surface area contributed by atoms with E-state index in [2.05, 4.69) is 20.2 Å². The monoisotopic (exact) mass is 448 g/mol. The van der Waals surface area contributed by atoms with Crippen LogP contribution in [0.15, 0.2) is 44.3 Å². The number of aromatic nitrogens is 2. The van der Waals surface area contributed by atoms with Crippen LogP contribution in [0.3, 0.4) is 0 Å². The molecule has 4 N–H and O–H groups in total. The zero-order valence-corrected chi connectivity index (χ0v) is 16.0. The van der Waals surface area contributed by atoms with Crippen molar-refractivity contribution in [1.82, 2.24) is 9.97 Å². The summed E-state index contributed by atoms with van der Waals surface area (Å²) < 4.78 is 65.8. The number of imidazole rings is 1. The number of rotatable bonds is 4. The minimum Gasteiger partial charge on any atom is -0.505 e. The zero-order valence-electron chi connectivity index (χ0n) is 14.3. The standard InChI is InChI=1S/C15H8N6O7S2/c16-5-9-10(6-17)19-15(18-9)21-20-8-4-12(30(26,27)28)7-2-1-3-11(29(23,24)25)13(7)14(8)22/h1-4,22H,(H,18,19)(H,23,24,25)(H,26,27,28). The number of hydrogen-bond donors (Lipinski definition) is 4. The lowest BCUT2D eigenvalue weighted by Gasteiger charge is -2.11. The first kappa shape index (κ1) is 20.8. The summed E-state index contributed by atoms with van der Waals surface area (Å²) >= 11 is 0. The molecule has 0 radical (unpaired) electrons. The van der Waals surface area contributed by atoms with Crippen molar-refractivity contribution in [3.05, 3.63) is 35.7 Å². The van der Waals surface area contributed by atoms with E-state index in [1.165, 1.54) is 0 Å². The van der Waals surface area contributed by atoms with Crippen molar-refractivity contribution in [3.63, 3.8) is 0 Å². The van der Waals surface area contributed by atoms with Crippen molar-refractivity contribution in [3.8, 4) is 17.9 Å². The van der Waals surface area contributed by atoms with E-state index in [4.69, 9.17) is 10.5 Å². The van der Waals surface area contributed by atoms with Crippen LogP contribution in [0, 0.1) is 22.7 Å². The smallest absolute Gasteiger partial charge is 0.295 e. The van der Waals surface area contributed by atoms with Crippen LogP contribution in [-0.2, 0) is 20.2 Å². The summed E-state index contributed by atoms with van der Waals surface area (Å²) in [5.41, 5.74) is -1.12. The average Bonchev–Trinajstić information content (AvgIpc) is 3.07. The van der Waals surface area contributed by atoms with Gasteiger partial charge in [-0.25, -0.2) is 0 Å². The second-order valence-electron chi connectivity index (χ2n) is 5.58. The highest BCUT2D eigenvalue weighted by Gasteiger charge is 2.25. The third kappa shape index (κ3) is 3.69. The van der Waals surface area contributed by atoms with Gasteiger partial charge in [0.1, 0.15) is 27.6 Å². The Morgan fingerprint density at radius 2 is 1.67 bits per heavy atom. The molecule has 3 rings (SSSR count). The van der Waals surface area contributed by atoms with Gasteiger partial charge in [0.15, 0.2) is 17.1 Å². The average molecular weight is 448 g/mol. The predicted octanol–water partition coefficient (Wildman–Crippen LogP) is 1.92. The molecule has 13 nitrogen and oxygen atoms in total. The largest absolute Gasteiger partial charge is 0.505 e. The Kier molecular flexibility index (Phi) is 4.98. The molecule has 0 aliphatic heterocycles. The fourth-order valence-electron chi connectivity index (χ4n) is 2.55. The van der Waals surface area contributed by atoms with Crippen molar-refractivity contribution in [2.45, 2.75) is 9.79 Å². The third-order valence-corrected chi connectivity index (χ3v) is 5.55. The molecule has 1 aromatic heterocycles. The highest BCUT2D eigenvalue weighted by atomic mass is 32.2. The van der Waals surface area contributed by atoms with E-state index in [9.17, 15) is 31.0 Å². The molecule has 0 aliphatic rings. The van der Waals surface area contributed by atoms with Gasteiger partial charge in [-0.15, -0.1) is 10.2 Å². The minimum atomic E-state index is -4.92. The number of H-pyrrole nitrogens is 1. The first-order chi connectivity index (χ1) is 14.0. The summed E-state index contributed by atoms with van der Waals surface area (Å²) in [7, 11) is -9.83. The van der Waals surface area contributed by atoms with Crippen molar-refractivity contribution in [1.29, 1.82) is 10.5 Å². The van der Waals surface area contributed by atoms with Crippen molar-refractivity contribution in [2.75, 3.05) is 0 Å². The van der Waals surface area contributed by atoms with E-state index >= 15 is 0 Å². The number of hydrogen-bond acceptors (Lipinski definition) is 10. The quantitative estimate of drug-likeness (QED) is 0.334. The van der Waals surface area contributed by atoms with E-state index in [1.807, 2.05) is 0 Å². The van der Waals surface area contributed by atoms with Gasteiger partial charge in [0, 0.05) is 10.8 Å². The lowest BCUT2D eigenvalue weighted by atomic mass is 10.1. The van der Waals surface area contributed by atoms with Gasteiger partial charge in [0.2, 0.25) is 5.95 Å². The first-order valence-electron chi connectivity index (χ1n) is 7.53. The molecule has 0 bridgehead atoms. The third-order valence-electron chi connectivity index (χ3n) is 3.76. The van der Waals surface area contributed by atoms with E-state index < -0.39 is 52.2 Å². The van der Waals surface area contributed by atoms with Gasteiger partial charge in [-0.2, -0.15) is 32.3 Å². The fraction of sp³-hybridized carbons (Fsp3) is 0. The highest BCUT2D eigenvalue weighted by Crippen LogP contribution is 2.42. The molecule has 152 valence electrons. The summed E-state index contributed by atoms with van der Waals surface area (Å²) in [6.07, 6.45) is 0. The molecule has 3 aromatic rings. The number of fused-ring (bicyclic) bond motifs is 1. The zero-order chi connectivity index (χ0) is 22.3. The van der Waals surface area contributed by atoms with Crippen molar-refractivity contribution in [2.24, 2.45) is 10.2 Å². The molecular weight excluding hydrogens is 440 g/mol. The molecular formula is C15H8N6O7S2. The maximum Gasteiger partial charge on any atom is 0.295 e.